The third-order valence-electron chi connectivity index (χ3n) is 6.76. The van der Waals surface area contributed by atoms with E-state index in [0.717, 1.165) is 57.9 Å². The van der Waals surface area contributed by atoms with Crippen LogP contribution in [0.4, 0.5) is 0 Å². The first-order chi connectivity index (χ1) is 15.6. The molecule has 0 saturated carbocycles. The van der Waals surface area contributed by atoms with E-state index in [1.165, 1.54) is 0 Å². The summed E-state index contributed by atoms with van der Waals surface area (Å²) in [5.74, 6) is 0.440. The average molecular weight is 428 g/mol. The van der Waals surface area contributed by atoms with Crippen LogP contribution in [-0.2, 0) is 9.68 Å². The first-order valence-corrected chi connectivity index (χ1v) is 11.0. The van der Waals surface area contributed by atoms with Crippen LogP contribution in [0.5, 0.6) is 0 Å². The molecule has 2 fully saturated rings. The summed E-state index contributed by atoms with van der Waals surface area (Å²) in [5.41, 5.74) is 8.04. The van der Waals surface area contributed by atoms with E-state index in [2.05, 4.69) is 58.5 Å². The first-order valence-electron chi connectivity index (χ1n) is 11.0. The Morgan fingerprint density at radius 2 is 1.03 bits per heavy atom. The molecule has 8 nitrogen and oxygen atoms in total. The van der Waals surface area contributed by atoms with Crippen LogP contribution < -0.4 is 0 Å². The van der Waals surface area contributed by atoms with E-state index < -0.39 is 0 Å². The van der Waals surface area contributed by atoms with Crippen molar-refractivity contribution in [3.8, 4) is 0 Å². The molecule has 8 heteroatoms. The van der Waals surface area contributed by atoms with Crippen LogP contribution in [0.25, 0.3) is 22.1 Å². The predicted octanol–water partition coefficient (Wildman–Crippen LogP) is 3.72. The second-order valence-corrected chi connectivity index (χ2v) is 9.12. The van der Waals surface area contributed by atoms with Gasteiger partial charge in [-0.3, -0.25) is 19.6 Å². The molecule has 4 unspecified atom stereocenters. The number of rotatable bonds is 0. The van der Waals surface area contributed by atoms with Crippen molar-refractivity contribution in [1.82, 2.24) is 30.1 Å². The number of hydrogen-bond acceptors (Lipinski definition) is 6. The highest BCUT2D eigenvalue weighted by Crippen LogP contribution is 2.44. The van der Waals surface area contributed by atoms with Crippen molar-refractivity contribution >= 4 is 22.1 Å². The highest BCUT2D eigenvalue weighted by atomic mass is 16.7. The van der Waals surface area contributed by atoms with Crippen molar-refractivity contribution in [2.75, 3.05) is 27.2 Å². The molecule has 3 aromatic rings. The van der Waals surface area contributed by atoms with E-state index in [9.17, 15) is 0 Å². The molecule has 0 radical (unpaired) electrons. The average Bonchev–Trinajstić information content (AvgIpc) is 3.55. The maximum absolute atomic E-state index is 6.08. The van der Waals surface area contributed by atoms with Crippen molar-refractivity contribution in [3.05, 3.63) is 71.3 Å². The van der Waals surface area contributed by atoms with Crippen molar-refractivity contribution in [2.24, 2.45) is 0 Å². The van der Waals surface area contributed by atoms with Gasteiger partial charge in [0.25, 0.3) is 0 Å². The van der Waals surface area contributed by atoms with E-state index in [0.29, 0.717) is 0 Å². The number of aromatic nitrogens is 4. The third-order valence-corrected chi connectivity index (χ3v) is 6.76. The molecule has 4 atom stereocenters. The third kappa shape index (κ3) is 2.91. The fourth-order valence-corrected chi connectivity index (χ4v) is 5.32. The van der Waals surface area contributed by atoms with Gasteiger partial charge in [-0.1, -0.05) is 0 Å². The van der Waals surface area contributed by atoms with E-state index in [1.54, 1.807) is 0 Å². The molecule has 7 rings (SSSR count). The lowest BCUT2D eigenvalue weighted by atomic mass is 10.0. The minimum atomic E-state index is -0.0541. The topological polar surface area (TPSA) is 82.3 Å². The predicted molar refractivity (Wildman–Crippen MR) is 119 cm³/mol. The standard InChI is InChI=1S/C24H24N6O2/c1-29-11-17-19-7-13-3-6-16(25-13)10-22-24-18(12-30(2)32-24)20(28-22)8-14-4-5-15(26-14)9-21(27-19)23(17)31-29/h3-10,17-18,23-26H,11-12H2,1-2H3. The van der Waals surface area contributed by atoms with E-state index in [-0.39, 0.29) is 24.0 Å². The van der Waals surface area contributed by atoms with Gasteiger partial charge < -0.3 is 9.97 Å². The number of H-pyrrole nitrogens is 2. The van der Waals surface area contributed by atoms with Gasteiger partial charge in [-0.15, -0.1) is 0 Å². The number of nitrogens with one attached hydrogen (secondary N) is 2. The zero-order valence-electron chi connectivity index (χ0n) is 17.9. The molecular weight excluding hydrogens is 404 g/mol. The molecule has 0 aromatic carbocycles. The Kier molecular flexibility index (Phi) is 3.89. The molecule has 3 aromatic heterocycles. The summed E-state index contributed by atoms with van der Waals surface area (Å²) in [4.78, 5) is 29.1. The van der Waals surface area contributed by atoms with Gasteiger partial charge in [-0.05, 0) is 48.5 Å². The maximum Gasteiger partial charge on any atom is 0.131 e. The highest BCUT2D eigenvalue weighted by Gasteiger charge is 2.41. The lowest BCUT2D eigenvalue weighted by Crippen LogP contribution is -2.12. The summed E-state index contributed by atoms with van der Waals surface area (Å²) < 4.78 is 0. The fourth-order valence-electron chi connectivity index (χ4n) is 5.32. The monoisotopic (exact) mass is 428 g/mol. The number of aromatic amines is 2. The summed E-state index contributed by atoms with van der Waals surface area (Å²) in [7, 11) is 3.96. The Labute approximate surface area is 184 Å². The summed E-state index contributed by atoms with van der Waals surface area (Å²) in [6.45, 7) is 1.65. The highest BCUT2D eigenvalue weighted by molar-refractivity contribution is 5.62. The Morgan fingerprint density at radius 1 is 0.656 bits per heavy atom. The Bertz CT molecular complexity index is 1180. The van der Waals surface area contributed by atoms with Crippen LogP contribution in [0.2, 0.25) is 0 Å². The molecule has 7 heterocycles. The van der Waals surface area contributed by atoms with Crippen LogP contribution in [0, 0.1) is 0 Å². The molecule has 2 N–H and O–H groups in total. The van der Waals surface area contributed by atoms with Crippen LogP contribution in [0.3, 0.4) is 0 Å². The second-order valence-electron chi connectivity index (χ2n) is 9.12. The van der Waals surface area contributed by atoms with E-state index >= 15 is 0 Å². The van der Waals surface area contributed by atoms with Gasteiger partial charge in [0, 0.05) is 49.3 Å². The fraction of sp³-hybridized carbons (Fsp3) is 0.333. The lowest BCUT2D eigenvalue weighted by molar-refractivity contribution is -0.129. The lowest BCUT2D eigenvalue weighted by Gasteiger charge is -2.08. The van der Waals surface area contributed by atoms with E-state index in [1.807, 2.05) is 24.2 Å². The number of likely N-dealkylation sites (N-methyl/N-ethyl adjacent to an activating group) is 2. The molecule has 4 aliphatic heterocycles. The van der Waals surface area contributed by atoms with Gasteiger partial charge in [0.05, 0.1) is 34.6 Å². The molecule has 162 valence electrons. The Hall–Kier alpha value is -3.04. The number of hydroxylamine groups is 4. The van der Waals surface area contributed by atoms with Crippen LogP contribution >= 0.6 is 0 Å². The minimum Gasteiger partial charge on any atom is -0.355 e. The van der Waals surface area contributed by atoms with Gasteiger partial charge in [0.1, 0.15) is 12.2 Å². The number of nitrogens with zero attached hydrogens (tertiary/aromatic N) is 4. The minimum absolute atomic E-state index is 0.0541. The zero-order chi connectivity index (χ0) is 21.4. The van der Waals surface area contributed by atoms with Gasteiger partial charge in [0.15, 0.2) is 0 Å². The van der Waals surface area contributed by atoms with E-state index in [4.69, 9.17) is 19.6 Å². The molecule has 0 amide bonds. The molecule has 4 aliphatic rings. The van der Waals surface area contributed by atoms with Gasteiger partial charge in [-0.2, -0.15) is 10.1 Å². The normalized spacial score (nSPS) is 27.6. The summed E-state index contributed by atoms with van der Waals surface area (Å²) >= 11 is 0. The van der Waals surface area contributed by atoms with Crippen LogP contribution in [0.1, 0.15) is 46.8 Å². The number of fused-ring (bicyclic) bond motifs is 14. The van der Waals surface area contributed by atoms with Crippen molar-refractivity contribution in [2.45, 2.75) is 24.0 Å². The quantitative estimate of drug-likeness (QED) is 0.568. The molecule has 0 aliphatic carbocycles. The van der Waals surface area contributed by atoms with Gasteiger partial charge in [-0.25, -0.2) is 0 Å². The van der Waals surface area contributed by atoms with Crippen molar-refractivity contribution in [1.29, 1.82) is 0 Å². The molecule has 32 heavy (non-hydrogen) atoms. The molecule has 0 spiro atoms. The van der Waals surface area contributed by atoms with Crippen molar-refractivity contribution < 1.29 is 9.68 Å². The summed E-state index contributed by atoms with van der Waals surface area (Å²) in [5, 5.41) is 3.82. The molecular formula is C24H24N6O2. The summed E-state index contributed by atoms with van der Waals surface area (Å²) in [6.07, 6.45) is -0.108. The second kappa shape index (κ2) is 6.73. The smallest absolute Gasteiger partial charge is 0.131 e. The maximum atomic E-state index is 6.08. The SMILES string of the molecule is CN1CC2c3cc4ccc(cc5nc(cc6ccc(cc(n3)C2O1)[nH]6)C1CN(C)OC51)[nH]4. The Morgan fingerprint density at radius 3 is 1.44 bits per heavy atom. The van der Waals surface area contributed by atoms with Gasteiger partial charge >= 0.3 is 0 Å². The molecule has 8 bridgehead atoms. The van der Waals surface area contributed by atoms with Crippen LogP contribution in [-0.4, -0.2) is 57.2 Å². The summed E-state index contributed by atoms with van der Waals surface area (Å²) in [6, 6.07) is 16.8. The largest absolute Gasteiger partial charge is 0.355 e. The first kappa shape index (κ1) is 18.5. The molecule has 2 saturated heterocycles. The van der Waals surface area contributed by atoms with Crippen LogP contribution in [0.15, 0.2) is 48.5 Å². The Balaban J connectivity index is 1.49. The van der Waals surface area contributed by atoms with Gasteiger partial charge in [0.2, 0.25) is 0 Å². The zero-order valence-corrected chi connectivity index (χ0v) is 17.9. The van der Waals surface area contributed by atoms with Crippen molar-refractivity contribution in [3.63, 3.8) is 0 Å². The number of hydrogen-bond donors (Lipinski definition) is 2.